The van der Waals surface area contributed by atoms with Gasteiger partial charge in [-0.2, -0.15) is 0 Å². The molecule has 1 aromatic heterocycles. The summed E-state index contributed by atoms with van der Waals surface area (Å²) in [7, 11) is 0. The van der Waals surface area contributed by atoms with E-state index in [0.29, 0.717) is 24.2 Å². The Bertz CT molecular complexity index is 815. The molecule has 1 aliphatic carbocycles. The van der Waals surface area contributed by atoms with E-state index in [9.17, 15) is 9.59 Å². The molecule has 0 fully saturated rings. The predicted molar refractivity (Wildman–Crippen MR) is 79.8 cm³/mol. The van der Waals surface area contributed by atoms with Crippen molar-refractivity contribution in [2.24, 2.45) is 0 Å². The third-order valence-electron chi connectivity index (χ3n) is 4.65. The van der Waals surface area contributed by atoms with Gasteiger partial charge in [-0.15, -0.1) is 0 Å². The number of hydrogen-bond donors (Lipinski definition) is 2. The molecule has 1 aromatic carbocycles. The van der Waals surface area contributed by atoms with Crippen LogP contribution in [0.1, 0.15) is 27.0 Å². The molecule has 2 heterocycles. The number of carbonyl (C=O) groups is 2. The summed E-state index contributed by atoms with van der Waals surface area (Å²) in [6.45, 7) is -0.503. The summed E-state index contributed by atoms with van der Waals surface area (Å²) in [6, 6.07) is 9.17. The first-order valence-electron chi connectivity index (χ1n) is 7.17. The molecule has 1 aliphatic heterocycles. The van der Waals surface area contributed by atoms with Crippen LogP contribution in [0, 0.1) is 0 Å². The van der Waals surface area contributed by atoms with Gasteiger partial charge in [-0.05, 0) is 36.1 Å². The maximum absolute atomic E-state index is 12.5. The Morgan fingerprint density at radius 3 is 2.91 bits per heavy atom. The van der Waals surface area contributed by atoms with Gasteiger partial charge in [0.15, 0.2) is 5.78 Å². The van der Waals surface area contributed by atoms with Crippen molar-refractivity contribution in [1.82, 2.24) is 4.98 Å². The van der Waals surface area contributed by atoms with E-state index >= 15 is 0 Å². The Hall–Kier alpha value is -2.53. The van der Waals surface area contributed by atoms with E-state index in [1.165, 1.54) is 0 Å². The van der Waals surface area contributed by atoms with Crippen molar-refractivity contribution < 1.29 is 14.7 Å². The summed E-state index contributed by atoms with van der Waals surface area (Å²) in [4.78, 5) is 28.4. The minimum atomic E-state index is -0.618. The van der Waals surface area contributed by atoms with Crippen LogP contribution in [0.15, 0.2) is 36.5 Å². The minimum Gasteiger partial charge on any atom is -0.388 e. The lowest BCUT2D eigenvalue weighted by molar-refractivity contribution is -0.120. The molecule has 5 nitrogen and oxygen atoms in total. The van der Waals surface area contributed by atoms with Gasteiger partial charge in [0.25, 0.3) is 0 Å². The summed E-state index contributed by atoms with van der Waals surface area (Å²) >= 11 is 0. The number of aliphatic hydroxyl groups excluding tert-OH is 1. The second-order valence-electron chi connectivity index (χ2n) is 5.85. The minimum absolute atomic E-state index is 0.0348. The number of ketones is 1. The summed E-state index contributed by atoms with van der Waals surface area (Å²) in [5, 5.41) is 11.8. The van der Waals surface area contributed by atoms with Gasteiger partial charge in [-0.3, -0.25) is 9.59 Å². The van der Waals surface area contributed by atoms with Crippen LogP contribution in [0.5, 0.6) is 0 Å². The summed E-state index contributed by atoms with van der Waals surface area (Å²) < 4.78 is 0. The molecule has 5 heteroatoms. The Balaban J connectivity index is 1.79. The zero-order valence-electron chi connectivity index (χ0n) is 11.8. The van der Waals surface area contributed by atoms with Crippen molar-refractivity contribution in [1.29, 1.82) is 0 Å². The third kappa shape index (κ3) is 1.66. The summed E-state index contributed by atoms with van der Waals surface area (Å²) in [6.07, 6.45) is 2.83. The Labute approximate surface area is 127 Å². The number of nitrogens with one attached hydrogen (secondary N) is 1. The Morgan fingerprint density at radius 1 is 1.27 bits per heavy atom. The molecule has 2 N–H and O–H groups in total. The van der Waals surface area contributed by atoms with Crippen LogP contribution < -0.4 is 5.32 Å². The van der Waals surface area contributed by atoms with Crippen molar-refractivity contribution in [3.8, 4) is 0 Å². The average molecular weight is 294 g/mol. The van der Waals surface area contributed by atoms with Crippen LogP contribution >= 0.6 is 0 Å². The fraction of sp³-hybridized carbons (Fsp3) is 0.235. The van der Waals surface area contributed by atoms with Crippen LogP contribution in [0.25, 0.3) is 0 Å². The van der Waals surface area contributed by atoms with E-state index in [0.717, 1.165) is 16.7 Å². The SMILES string of the molecule is O=C(CO)c1ccc2c(c1)C[C@@]1(C2)C(=O)Nc2ncccc21. The van der Waals surface area contributed by atoms with Crippen LogP contribution in [0.2, 0.25) is 0 Å². The molecule has 0 radical (unpaired) electrons. The molecule has 1 amide bonds. The Morgan fingerprint density at radius 2 is 2.09 bits per heavy atom. The zero-order valence-corrected chi connectivity index (χ0v) is 11.8. The van der Waals surface area contributed by atoms with Crippen LogP contribution in [-0.2, 0) is 23.1 Å². The number of fused-ring (bicyclic) bond motifs is 3. The summed E-state index contributed by atoms with van der Waals surface area (Å²) in [5.74, 6) is 0.293. The number of aliphatic hydroxyl groups is 1. The molecule has 110 valence electrons. The standard InChI is InChI=1S/C17H14N2O3/c20-9-14(21)10-3-4-11-7-17(8-12(11)6-10)13-2-1-5-18-15(13)19-16(17)22/h1-6,20H,7-9H2,(H,18,19,22)/t17-/m1/s1. The molecular weight excluding hydrogens is 280 g/mol. The number of pyridine rings is 1. The molecule has 0 bridgehead atoms. The molecule has 1 spiro atoms. The quantitative estimate of drug-likeness (QED) is 0.817. The third-order valence-corrected chi connectivity index (χ3v) is 4.65. The number of benzene rings is 1. The van der Waals surface area contributed by atoms with E-state index in [4.69, 9.17) is 5.11 Å². The molecule has 0 unspecified atom stereocenters. The molecule has 4 rings (SSSR count). The van der Waals surface area contributed by atoms with Crippen LogP contribution in [-0.4, -0.2) is 28.4 Å². The number of rotatable bonds is 2. The molecule has 0 saturated carbocycles. The maximum atomic E-state index is 12.5. The van der Waals surface area contributed by atoms with Gasteiger partial charge in [0.1, 0.15) is 12.4 Å². The highest BCUT2D eigenvalue weighted by atomic mass is 16.3. The molecule has 22 heavy (non-hydrogen) atoms. The second kappa shape index (κ2) is 4.48. The largest absolute Gasteiger partial charge is 0.388 e. The second-order valence-corrected chi connectivity index (χ2v) is 5.85. The molecule has 2 aliphatic rings. The first-order chi connectivity index (χ1) is 10.6. The van der Waals surface area contributed by atoms with Crippen molar-refractivity contribution in [3.63, 3.8) is 0 Å². The van der Waals surface area contributed by atoms with Gasteiger partial charge in [-0.1, -0.05) is 18.2 Å². The van der Waals surface area contributed by atoms with Crippen molar-refractivity contribution in [2.45, 2.75) is 18.3 Å². The van der Waals surface area contributed by atoms with Gasteiger partial charge >= 0.3 is 0 Å². The lowest BCUT2D eigenvalue weighted by Crippen LogP contribution is -2.35. The highest BCUT2D eigenvalue weighted by Crippen LogP contribution is 2.46. The highest BCUT2D eigenvalue weighted by molar-refractivity contribution is 6.06. The van der Waals surface area contributed by atoms with Gasteiger partial charge < -0.3 is 10.4 Å². The lowest BCUT2D eigenvalue weighted by Gasteiger charge is -2.20. The van der Waals surface area contributed by atoms with Crippen LogP contribution in [0.4, 0.5) is 5.82 Å². The van der Waals surface area contributed by atoms with E-state index in [-0.39, 0.29) is 11.7 Å². The average Bonchev–Trinajstić information content (AvgIpc) is 3.05. The maximum Gasteiger partial charge on any atom is 0.237 e. The van der Waals surface area contributed by atoms with Gasteiger partial charge in [-0.25, -0.2) is 4.98 Å². The molecule has 2 aromatic rings. The van der Waals surface area contributed by atoms with Gasteiger partial charge in [0.2, 0.25) is 5.91 Å². The van der Waals surface area contributed by atoms with Crippen LogP contribution in [0.3, 0.4) is 0 Å². The number of aromatic nitrogens is 1. The van der Waals surface area contributed by atoms with E-state index in [2.05, 4.69) is 10.3 Å². The smallest absolute Gasteiger partial charge is 0.237 e. The first kappa shape index (κ1) is 13.2. The Kier molecular flexibility index (Phi) is 2.68. The zero-order chi connectivity index (χ0) is 15.3. The number of anilines is 1. The fourth-order valence-electron chi connectivity index (χ4n) is 3.53. The van der Waals surface area contributed by atoms with Gasteiger partial charge in [0, 0.05) is 17.3 Å². The fourth-order valence-corrected chi connectivity index (χ4v) is 3.53. The molecule has 1 atom stereocenters. The lowest BCUT2D eigenvalue weighted by atomic mass is 9.79. The first-order valence-corrected chi connectivity index (χ1v) is 7.17. The monoisotopic (exact) mass is 294 g/mol. The van der Waals surface area contributed by atoms with E-state index in [1.807, 2.05) is 18.2 Å². The topological polar surface area (TPSA) is 79.3 Å². The van der Waals surface area contributed by atoms with E-state index in [1.54, 1.807) is 18.3 Å². The number of Topliss-reactive ketones (excluding diaryl/α,β-unsaturated/α-hetero) is 1. The van der Waals surface area contributed by atoms with E-state index < -0.39 is 12.0 Å². The van der Waals surface area contributed by atoms with Crippen molar-refractivity contribution >= 4 is 17.5 Å². The number of hydrogen-bond acceptors (Lipinski definition) is 4. The number of nitrogens with zero attached hydrogens (tertiary/aromatic N) is 1. The molecular formula is C17H14N2O3. The predicted octanol–water partition coefficient (Wildman–Crippen LogP) is 1.25. The summed E-state index contributed by atoms with van der Waals surface area (Å²) in [5.41, 5.74) is 2.86. The normalized spacial score (nSPS) is 21.6. The highest BCUT2D eigenvalue weighted by Gasteiger charge is 2.51. The molecule has 0 saturated heterocycles. The van der Waals surface area contributed by atoms with Crippen molar-refractivity contribution in [2.75, 3.05) is 11.9 Å². The number of carbonyl (C=O) groups excluding carboxylic acids is 2. The van der Waals surface area contributed by atoms with Gasteiger partial charge in [0.05, 0.1) is 5.41 Å². The van der Waals surface area contributed by atoms with Crippen molar-refractivity contribution in [3.05, 3.63) is 58.8 Å². The number of amides is 1.